The zero-order valence-electron chi connectivity index (χ0n) is 11.4. The zero-order valence-corrected chi connectivity index (χ0v) is 12.9. The smallest absolute Gasteiger partial charge is 0.272 e. The van der Waals surface area contributed by atoms with E-state index in [-0.39, 0.29) is 21.8 Å². The van der Waals surface area contributed by atoms with Gasteiger partial charge in [0.15, 0.2) is 0 Å². The topological polar surface area (TPSA) is 71.5 Å². The molecule has 1 aliphatic rings. The normalized spacial score (nSPS) is 16.4. The summed E-state index contributed by atoms with van der Waals surface area (Å²) in [5, 5.41) is 2.93. The van der Waals surface area contributed by atoms with Crippen molar-refractivity contribution in [2.75, 3.05) is 26.3 Å². The Morgan fingerprint density at radius 2 is 2.00 bits per heavy atom. The van der Waals surface area contributed by atoms with Gasteiger partial charge in [-0.25, -0.2) is 4.98 Å². The molecule has 1 atom stereocenters. The summed E-state index contributed by atoms with van der Waals surface area (Å²) in [7, 11) is 0. The van der Waals surface area contributed by atoms with Crippen molar-refractivity contribution in [3.8, 4) is 0 Å². The number of nitrogens with zero attached hydrogens (tertiary/aromatic N) is 2. The molecule has 0 aliphatic carbocycles. The number of carbonyl (C=O) groups is 2. The summed E-state index contributed by atoms with van der Waals surface area (Å²) < 4.78 is 5.19. The molecule has 0 spiro atoms. The van der Waals surface area contributed by atoms with Gasteiger partial charge in [0.1, 0.15) is 16.9 Å². The van der Waals surface area contributed by atoms with Crippen LogP contribution in [0.25, 0.3) is 0 Å². The molecule has 0 bridgehead atoms. The highest BCUT2D eigenvalue weighted by Gasteiger charge is 2.25. The first kappa shape index (κ1) is 16.0. The van der Waals surface area contributed by atoms with Crippen molar-refractivity contribution >= 4 is 35.0 Å². The van der Waals surface area contributed by atoms with Crippen LogP contribution < -0.4 is 5.32 Å². The lowest BCUT2D eigenvalue weighted by atomic mass is 10.2. The van der Waals surface area contributed by atoms with Gasteiger partial charge in [0, 0.05) is 13.1 Å². The Labute approximate surface area is 132 Å². The molecule has 2 amide bonds. The predicted molar refractivity (Wildman–Crippen MR) is 78.6 cm³/mol. The number of pyridine rings is 1. The van der Waals surface area contributed by atoms with Crippen LogP contribution in [0.1, 0.15) is 17.4 Å². The van der Waals surface area contributed by atoms with Gasteiger partial charge >= 0.3 is 0 Å². The highest BCUT2D eigenvalue weighted by atomic mass is 35.5. The second kappa shape index (κ2) is 7.06. The van der Waals surface area contributed by atoms with E-state index >= 15 is 0 Å². The third kappa shape index (κ3) is 4.06. The molecule has 0 radical (unpaired) electrons. The highest BCUT2D eigenvalue weighted by molar-refractivity contribution is 6.34. The number of hydrogen-bond donors (Lipinski definition) is 1. The lowest BCUT2D eigenvalue weighted by Crippen LogP contribution is -2.50. The molecular formula is C13H15Cl2N3O3. The van der Waals surface area contributed by atoms with Crippen LogP contribution >= 0.6 is 23.2 Å². The maximum Gasteiger partial charge on any atom is 0.272 e. The van der Waals surface area contributed by atoms with Gasteiger partial charge < -0.3 is 15.0 Å². The Bertz CT molecular complexity index is 547. The fourth-order valence-corrected chi connectivity index (χ4v) is 2.30. The maximum atomic E-state index is 12.2. The van der Waals surface area contributed by atoms with Crippen molar-refractivity contribution in [2.45, 2.75) is 13.0 Å². The maximum absolute atomic E-state index is 12.2. The van der Waals surface area contributed by atoms with Crippen LogP contribution in [-0.2, 0) is 9.53 Å². The lowest BCUT2D eigenvalue weighted by molar-refractivity contribution is -0.136. The number of aromatic nitrogens is 1. The molecule has 0 saturated carbocycles. The number of ether oxygens (including phenoxy) is 1. The summed E-state index contributed by atoms with van der Waals surface area (Å²) in [5.41, 5.74) is 0.00536. The molecule has 6 nitrogen and oxygen atoms in total. The minimum Gasteiger partial charge on any atom is -0.378 e. The van der Waals surface area contributed by atoms with Crippen LogP contribution in [-0.4, -0.2) is 54.0 Å². The number of rotatable bonds is 3. The summed E-state index contributed by atoms with van der Waals surface area (Å²) in [4.78, 5) is 29.8. The van der Waals surface area contributed by atoms with E-state index in [1.54, 1.807) is 11.8 Å². The van der Waals surface area contributed by atoms with E-state index in [0.717, 1.165) is 0 Å². The van der Waals surface area contributed by atoms with E-state index in [0.29, 0.717) is 26.3 Å². The number of hydrogen-bond acceptors (Lipinski definition) is 4. The van der Waals surface area contributed by atoms with Crippen LogP contribution in [0.15, 0.2) is 12.1 Å². The van der Waals surface area contributed by atoms with E-state index in [9.17, 15) is 9.59 Å². The van der Waals surface area contributed by atoms with Crippen molar-refractivity contribution in [2.24, 2.45) is 0 Å². The van der Waals surface area contributed by atoms with Crippen molar-refractivity contribution in [3.05, 3.63) is 28.0 Å². The minimum atomic E-state index is -0.674. The van der Waals surface area contributed by atoms with Crippen molar-refractivity contribution < 1.29 is 14.3 Å². The average molecular weight is 332 g/mol. The monoisotopic (exact) mass is 331 g/mol. The Balaban J connectivity index is 2.01. The van der Waals surface area contributed by atoms with E-state index in [2.05, 4.69) is 10.3 Å². The molecule has 1 aromatic heterocycles. The number of carbonyl (C=O) groups excluding carboxylic acids is 2. The number of morpholine rings is 1. The molecule has 1 unspecified atom stereocenters. The first-order valence-electron chi connectivity index (χ1n) is 6.48. The van der Waals surface area contributed by atoms with Crippen LogP contribution in [0.4, 0.5) is 0 Å². The summed E-state index contributed by atoms with van der Waals surface area (Å²) in [6.45, 7) is 3.68. The summed E-state index contributed by atoms with van der Waals surface area (Å²) in [6, 6.07) is 2.30. The minimum absolute atomic E-state index is 0.00536. The summed E-state index contributed by atoms with van der Waals surface area (Å²) >= 11 is 11.7. The van der Waals surface area contributed by atoms with Crippen molar-refractivity contribution in [3.63, 3.8) is 0 Å². The Morgan fingerprint density at radius 3 is 2.67 bits per heavy atom. The molecule has 1 fully saturated rings. The molecule has 1 N–H and O–H groups in total. The molecule has 1 aromatic rings. The predicted octanol–water partition coefficient (Wildman–Crippen LogP) is 1.37. The van der Waals surface area contributed by atoms with Gasteiger partial charge in [0.2, 0.25) is 5.91 Å². The van der Waals surface area contributed by atoms with Crippen LogP contribution in [0.5, 0.6) is 0 Å². The molecule has 1 aliphatic heterocycles. The number of amides is 2. The highest BCUT2D eigenvalue weighted by Crippen LogP contribution is 2.16. The first-order chi connectivity index (χ1) is 9.99. The number of nitrogens with one attached hydrogen (secondary N) is 1. The largest absolute Gasteiger partial charge is 0.378 e. The third-order valence-electron chi connectivity index (χ3n) is 3.07. The van der Waals surface area contributed by atoms with Gasteiger partial charge in [-0.15, -0.1) is 0 Å². The molecule has 2 heterocycles. The fourth-order valence-electron chi connectivity index (χ4n) is 1.96. The fraction of sp³-hybridized carbons (Fsp3) is 0.462. The van der Waals surface area contributed by atoms with Crippen LogP contribution in [0, 0.1) is 0 Å². The third-order valence-corrected chi connectivity index (χ3v) is 3.58. The summed E-state index contributed by atoms with van der Waals surface area (Å²) in [5.74, 6) is -0.693. The standard InChI is InChI=1S/C13H15Cl2N3O3/c1-8(13(20)18-4-6-21-7-5-18)16-12(19)11-9(14)2-3-10(15)17-11/h2-3,8H,4-7H2,1H3,(H,16,19). The average Bonchev–Trinajstić information content (AvgIpc) is 2.49. The van der Waals surface area contributed by atoms with E-state index in [1.165, 1.54) is 12.1 Å². The Kier molecular flexibility index (Phi) is 5.39. The van der Waals surface area contributed by atoms with Gasteiger partial charge in [0.25, 0.3) is 5.91 Å². The van der Waals surface area contributed by atoms with Gasteiger partial charge in [-0.3, -0.25) is 9.59 Å². The second-order valence-corrected chi connectivity index (χ2v) is 5.39. The van der Waals surface area contributed by atoms with E-state index in [1.807, 2.05) is 0 Å². The van der Waals surface area contributed by atoms with Crippen molar-refractivity contribution in [1.82, 2.24) is 15.2 Å². The van der Waals surface area contributed by atoms with Gasteiger partial charge in [0.05, 0.1) is 18.2 Å². The van der Waals surface area contributed by atoms with E-state index < -0.39 is 11.9 Å². The molecule has 1 saturated heterocycles. The van der Waals surface area contributed by atoms with Gasteiger partial charge in [-0.05, 0) is 19.1 Å². The molecule has 0 aromatic carbocycles. The zero-order chi connectivity index (χ0) is 15.4. The molecule has 114 valence electrons. The van der Waals surface area contributed by atoms with Crippen molar-refractivity contribution in [1.29, 1.82) is 0 Å². The van der Waals surface area contributed by atoms with E-state index in [4.69, 9.17) is 27.9 Å². The lowest BCUT2D eigenvalue weighted by Gasteiger charge is -2.29. The second-order valence-electron chi connectivity index (χ2n) is 4.60. The SMILES string of the molecule is CC(NC(=O)c1nc(Cl)ccc1Cl)C(=O)N1CCOCC1. The van der Waals surface area contributed by atoms with Gasteiger partial charge in [-0.1, -0.05) is 23.2 Å². The summed E-state index contributed by atoms with van der Waals surface area (Å²) in [6.07, 6.45) is 0. The Hall–Kier alpha value is -1.37. The van der Waals surface area contributed by atoms with Gasteiger partial charge in [-0.2, -0.15) is 0 Å². The first-order valence-corrected chi connectivity index (χ1v) is 7.24. The molecular weight excluding hydrogens is 317 g/mol. The number of halogens is 2. The van der Waals surface area contributed by atoms with Crippen LogP contribution in [0.2, 0.25) is 10.2 Å². The van der Waals surface area contributed by atoms with Crippen LogP contribution in [0.3, 0.4) is 0 Å². The molecule has 21 heavy (non-hydrogen) atoms. The molecule has 2 rings (SSSR count). The Morgan fingerprint density at radius 1 is 1.33 bits per heavy atom. The quantitative estimate of drug-likeness (QED) is 0.849. The molecule has 8 heteroatoms.